The zero-order valence-electron chi connectivity index (χ0n) is 9.27. The number of hydrogen-bond donors (Lipinski definition) is 4. The summed E-state index contributed by atoms with van der Waals surface area (Å²) in [5.74, 6) is -0.371. The number of aromatic amines is 1. The van der Waals surface area contributed by atoms with Crippen molar-refractivity contribution in [2.45, 2.75) is 12.5 Å². The van der Waals surface area contributed by atoms with Crippen LogP contribution >= 0.6 is 11.8 Å². The van der Waals surface area contributed by atoms with Crippen LogP contribution in [-0.4, -0.2) is 45.4 Å². The van der Waals surface area contributed by atoms with Crippen LogP contribution < -0.4 is 10.6 Å². The van der Waals surface area contributed by atoms with Gasteiger partial charge in [-0.2, -0.15) is 16.9 Å². The number of aromatic nitrogens is 2. The molecule has 0 bridgehead atoms. The van der Waals surface area contributed by atoms with E-state index in [9.17, 15) is 9.59 Å². The third kappa shape index (κ3) is 4.77. The maximum absolute atomic E-state index is 11.5. The standard InChI is InChI=1S/C9H14N4O3S/c1-17-3-2-7(8(14)15)13-9(16)12-6-4-10-11-5-6/h4-5,7H,2-3H2,1H3,(H,10,11)(H,14,15)(H2,12,13,16)/t7-/m1/s1. The van der Waals surface area contributed by atoms with Crippen LogP contribution in [0.1, 0.15) is 6.42 Å². The van der Waals surface area contributed by atoms with Crippen molar-refractivity contribution < 1.29 is 14.7 Å². The Morgan fingerprint density at radius 2 is 2.41 bits per heavy atom. The van der Waals surface area contributed by atoms with Gasteiger partial charge >= 0.3 is 12.0 Å². The number of nitrogens with one attached hydrogen (secondary N) is 3. The van der Waals surface area contributed by atoms with Crippen molar-refractivity contribution in [1.29, 1.82) is 0 Å². The molecule has 0 aliphatic heterocycles. The minimum atomic E-state index is -1.04. The molecule has 1 rings (SSSR count). The largest absolute Gasteiger partial charge is 0.480 e. The smallest absolute Gasteiger partial charge is 0.326 e. The van der Waals surface area contributed by atoms with E-state index >= 15 is 0 Å². The van der Waals surface area contributed by atoms with Crippen LogP contribution in [0.25, 0.3) is 0 Å². The molecule has 1 heterocycles. The normalized spacial score (nSPS) is 11.8. The van der Waals surface area contributed by atoms with Crippen LogP contribution in [0.2, 0.25) is 0 Å². The summed E-state index contributed by atoms with van der Waals surface area (Å²) in [4.78, 5) is 22.3. The van der Waals surface area contributed by atoms with E-state index in [0.29, 0.717) is 17.9 Å². The number of H-pyrrole nitrogens is 1. The minimum Gasteiger partial charge on any atom is -0.480 e. The van der Waals surface area contributed by atoms with Crippen molar-refractivity contribution >= 4 is 29.4 Å². The van der Waals surface area contributed by atoms with Gasteiger partial charge in [-0.25, -0.2) is 9.59 Å². The molecule has 1 aromatic heterocycles. The molecule has 8 heteroatoms. The Kier molecular flexibility index (Phi) is 5.34. The average Bonchev–Trinajstić information content (AvgIpc) is 2.76. The molecule has 1 atom stereocenters. The highest BCUT2D eigenvalue weighted by Crippen LogP contribution is 2.03. The molecule has 7 nitrogen and oxygen atoms in total. The van der Waals surface area contributed by atoms with Crippen LogP contribution in [0, 0.1) is 0 Å². The monoisotopic (exact) mass is 258 g/mol. The number of amides is 2. The van der Waals surface area contributed by atoms with E-state index in [1.807, 2.05) is 6.26 Å². The predicted octanol–water partition coefficient (Wildman–Crippen LogP) is 0.737. The Hall–Kier alpha value is -1.70. The van der Waals surface area contributed by atoms with Crippen LogP contribution in [0.15, 0.2) is 12.4 Å². The van der Waals surface area contributed by atoms with E-state index in [0.717, 1.165) is 0 Å². The lowest BCUT2D eigenvalue weighted by Crippen LogP contribution is -2.43. The molecule has 94 valence electrons. The van der Waals surface area contributed by atoms with Gasteiger partial charge in [-0.05, 0) is 18.4 Å². The zero-order chi connectivity index (χ0) is 12.7. The second kappa shape index (κ2) is 6.79. The van der Waals surface area contributed by atoms with Gasteiger partial charge in [0.15, 0.2) is 0 Å². The zero-order valence-corrected chi connectivity index (χ0v) is 10.1. The molecule has 0 radical (unpaired) electrons. The van der Waals surface area contributed by atoms with Crippen molar-refractivity contribution in [3.63, 3.8) is 0 Å². The van der Waals surface area contributed by atoms with E-state index in [1.165, 1.54) is 24.2 Å². The molecule has 17 heavy (non-hydrogen) atoms. The van der Waals surface area contributed by atoms with E-state index in [4.69, 9.17) is 5.11 Å². The van der Waals surface area contributed by atoms with Crippen molar-refractivity contribution in [1.82, 2.24) is 15.5 Å². The Morgan fingerprint density at radius 1 is 1.65 bits per heavy atom. The van der Waals surface area contributed by atoms with Crippen molar-refractivity contribution in [3.05, 3.63) is 12.4 Å². The summed E-state index contributed by atoms with van der Waals surface area (Å²) in [7, 11) is 0. The van der Waals surface area contributed by atoms with Gasteiger partial charge in [0.2, 0.25) is 0 Å². The fourth-order valence-corrected chi connectivity index (χ4v) is 1.61. The summed E-state index contributed by atoms with van der Waals surface area (Å²) < 4.78 is 0. The number of hydrogen-bond acceptors (Lipinski definition) is 4. The number of nitrogens with zero attached hydrogens (tertiary/aromatic N) is 1. The molecule has 0 unspecified atom stereocenters. The van der Waals surface area contributed by atoms with Gasteiger partial charge in [0.25, 0.3) is 0 Å². The van der Waals surface area contributed by atoms with Gasteiger partial charge in [0.1, 0.15) is 6.04 Å². The van der Waals surface area contributed by atoms with E-state index < -0.39 is 18.0 Å². The number of anilines is 1. The molecule has 0 saturated heterocycles. The number of carboxylic acid groups (broad SMARTS) is 1. The fourth-order valence-electron chi connectivity index (χ4n) is 1.14. The van der Waals surface area contributed by atoms with Crippen LogP contribution in [0.5, 0.6) is 0 Å². The molecule has 0 fully saturated rings. The highest BCUT2D eigenvalue weighted by molar-refractivity contribution is 7.98. The molecule has 4 N–H and O–H groups in total. The Bertz CT molecular complexity index is 368. The Labute approximate surface area is 102 Å². The number of rotatable bonds is 6. The SMILES string of the molecule is CSCC[C@@H](NC(=O)Nc1cn[nH]c1)C(=O)O. The van der Waals surface area contributed by atoms with Crippen molar-refractivity contribution in [3.8, 4) is 0 Å². The van der Waals surface area contributed by atoms with Gasteiger partial charge in [0, 0.05) is 6.20 Å². The van der Waals surface area contributed by atoms with Gasteiger partial charge in [-0.1, -0.05) is 0 Å². The third-order valence-corrected chi connectivity index (χ3v) is 2.61. The molecule has 1 aromatic rings. The molecular formula is C9H14N4O3S. The molecule has 0 aliphatic carbocycles. The first-order chi connectivity index (χ1) is 8.13. The summed E-state index contributed by atoms with van der Waals surface area (Å²) in [6.45, 7) is 0. The highest BCUT2D eigenvalue weighted by atomic mass is 32.2. The highest BCUT2D eigenvalue weighted by Gasteiger charge is 2.19. The molecule has 0 saturated carbocycles. The maximum atomic E-state index is 11.5. The van der Waals surface area contributed by atoms with E-state index in [-0.39, 0.29) is 0 Å². The minimum absolute atomic E-state index is 0.384. The maximum Gasteiger partial charge on any atom is 0.326 e. The van der Waals surface area contributed by atoms with Gasteiger partial charge in [-0.3, -0.25) is 5.10 Å². The summed E-state index contributed by atoms with van der Waals surface area (Å²) in [5, 5.41) is 19.9. The summed E-state index contributed by atoms with van der Waals surface area (Å²) in [5.41, 5.74) is 0.483. The van der Waals surface area contributed by atoms with Crippen LogP contribution in [0.3, 0.4) is 0 Å². The summed E-state index contributed by atoms with van der Waals surface area (Å²) in [6, 6.07) is -1.44. The van der Waals surface area contributed by atoms with Crippen molar-refractivity contribution in [2.24, 2.45) is 0 Å². The third-order valence-electron chi connectivity index (χ3n) is 1.97. The molecule has 0 aliphatic rings. The first kappa shape index (κ1) is 13.4. The Balaban J connectivity index is 2.43. The van der Waals surface area contributed by atoms with Gasteiger partial charge in [0.05, 0.1) is 11.9 Å². The molecule has 0 spiro atoms. The lowest BCUT2D eigenvalue weighted by atomic mass is 10.2. The van der Waals surface area contributed by atoms with Gasteiger partial charge < -0.3 is 15.7 Å². The number of urea groups is 1. The van der Waals surface area contributed by atoms with E-state index in [2.05, 4.69) is 20.8 Å². The lowest BCUT2D eigenvalue weighted by Gasteiger charge is -2.13. The lowest BCUT2D eigenvalue weighted by molar-refractivity contribution is -0.139. The average molecular weight is 258 g/mol. The van der Waals surface area contributed by atoms with Crippen molar-refractivity contribution in [2.75, 3.05) is 17.3 Å². The predicted molar refractivity (Wildman–Crippen MR) is 65.2 cm³/mol. The van der Waals surface area contributed by atoms with Crippen LogP contribution in [0.4, 0.5) is 10.5 Å². The quantitative estimate of drug-likeness (QED) is 0.602. The summed E-state index contributed by atoms with van der Waals surface area (Å²) in [6.07, 6.45) is 5.19. The molecular weight excluding hydrogens is 244 g/mol. The number of carbonyl (C=O) groups is 2. The fraction of sp³-hybridized carbons (Fsp3) is 0.444. The second-order valence-corrected chi connectivity index (χ2v) is 4.24. The topological polar surface area (TPSA) is 107 Å². The number of thioether (sulfide) groups is 1. The number of aliphatic carboxylic acids is 1. The number of carboxylic acids is 1. The second-order valence-electron chi connectivity index (χ2n) is 3.26. The molecule has 2 amide bonds. The molecule has 0 aromatic carbocycles. The number of carbonyl (C=O) groups excluding carboxylic acids is 1. The van der Waals surface area contributed by atoms with E-state index in [1.54, 1.807) is 0 Å². The van der Waals surface area contributed by atoms with Crippen LogP contribution in [-0.2, 0) is 4.79 Å². The first-order valence-corrected chi connectivity index (χ1v) is 6.31. The summed E-state index contributed by atoms with van der Waals surface area (Å²) >= 11 is 1.53. The Morgan fingerprint density at radius 3 is 2.94 bits per heavy atom. The van der Waals surface area contributed by atoms with Gasteiger partial charge in [-0.15, -0.1) is 0 Å². The first-order valence-electron chi connectivity index (χ1n) is 4.91.